The van der Waals surface area contributed by atoms with Crippen LogP contribution in [0.1, 0.15) is 27.8 Å². The van der Waals surface area contributed by atoms with Crippen LogP contribution in [0.2, 0.25) is 0 Å². The summed E-state index contributed by atoms with van der Waals surface area (Å²) in [4.78, 5) is 25.1. The van der Waals surface area contributed by atoms with Crippen LogP contribution in [-0.2, 0) is 11.3 Å². The molecule has 1 amide bonds. The molecule has 0 bridgehead atoms. The van der Waals surface area contributed by atoms with Crippen LogP contribution in [0.5, 0.6) is 11.5 Å². The Morgan fingerprint density at radius 3 is 2.44 bits per heavy atom. The third-order valence-corrected chi connectivity index (χ3v) is 5.10. The maximum absolute atomic E-state index is 12.9. The van der Waals surface area contributed by atoms with Crippen molar-refractivity contribution in [3.05, 3.63) is 40.9 Å². The van der Waals surface area contributed by atoms with Crippen LogP contribution in [0, 0.1) is 0 Å². The van der Waals surface area contributed by atoms with Gasteiger partial charge in [0.15, 0.2) is 11.5 Å². The van der Waals surface area contributed by atoms with Gasteiger partial charge in [-0.2, -0.15) is 0 Å². The van der Waals surface area contributed by atoms with Gasteiger partial charge >= 0.3 is 5.97 Å². The first-order chi connectivity index (χ1) is 13.0. The lowest BCUT2D eigenvalue weighted by Gasteiger charge is -2.15. The van der Waals surface area contributed by atoms with E-state index in [0.717, 1.165) is 10.2 Å². The van der Waals surface area contributed by atoms with Gasteiger partial charge in [0.1, 0.15) is 5.69 Å². The van der Waals surface area contributed by atoms with E-state index in [1.54, 1.807) is 17.4 Å². The molecule has 0 spiro atoms. The molecule has 142 valence electrons. The maximum Gasteiger partial charge on any atom is 0.340 e. The van der Waals surface area contributed by atoms with E-state index in [1.807, 2.05) is 29.0 Å². The van der Waals surface area contributed by atoms with E-state index in [-0.39, 0.29) is 17.2 Å². The summed E-state index contributed by atoms with van der Waals surface area (Å²) in [6.07, 6.45) is 0. The number of esters is 1. The van der Waals surface area contributed by atoms with E-state index < -0.39 is 5.97 Å². The summed E-state index contributed by atoms with van der Waals surface area (Å²) in [5, 5.41) is 4.79. The molecule has 0 aliphatic carbocycles. The molecule has 2 aromatic heterocycles. The molecule has 0 aliphatic heterocycles. The van der Waals surface area contributed by atoms with E-state index >= 15 is 0 Å². The fourth-order valence-electron chi connectivity index (χ4n) is 2.95. The number of carbonyl (C=O) groups is 2. The number of thiophene rings is 1. The van der Waals surface area contributed by atoms with E-state index in [0.29, 0.717) is 23.7 Å². The van der Waals surface area contributed by atoms with Gasteiger partial charge in [0.05, 0.1) is 42.8 Å². The van der Waals surface area contributed by atoms with Crippen LogP contribution in [-0.4, -0.2) is 37.8 Å². The third-order valence-electron chi connectivity index (χ3n) is 4.25. The molecule has 8 heteroatoms. The highest BCUT2D eigenvalue weighted by atomic mass is 32.1. The SMILES string of the molecule is CCn1c(C(=O)Nc2cc(OC)c(OC)cc2C(=O)OC)cc2sccc21. The van der Waals surface area contributed by atoms with Crippen molar-refractivity contribution in [3.63, 3.8) is 0 Å². The minimum absolute atomic E-state index is 0.180. The van der Waals surface area contributed by atoms with Crippen LogP contribution in [0.25, 0.3) is 10.2 Å². The molecule has 1 aromatic carbocycles. The van der Waals surface area contributed by atoms with Crippen molar-refractivity contribution >= 4 is 39.1 Å². The van der Waals surface area contributed by atoms with Crippen molar-refractivity contribution < 1.29 is 23.8 Å². The molecule has 0 aliphatic rings. The van der Waals surface area contributed by atoms with Crippen LogP contribution >= 0.6 is 11.3 Å². The largest absolute Gasteiger partial charge is 0.493 e. The Morgan fingerprint density at radius 1 is 1.11 bits per heavy atom. The first-order valence-corrected chi connectivity index (χ1v) is 9.14. The van der Waals surface area contributed by atoms with E-state index in [4.69, 9.17) is 14.2 Å². The molecule has 1 N–H and O–H groups in total. The predicted octanol–water partition coefficient (Wildman–Crippen LogP) is 3.78. The molecule has 27 heavy (non-hydrogen) atoms. The average Bonchev–Trinajstić information content (AvgIpc) is 3.27. The summed E-state index contributed by atoms with van der Waals surface area (Å²) in [5.74, 6) is -0.142. The lowest BCUT2D eigenvalue weighted by molar-refractivity contribution is 0.0601. The van der Waals surface area contributed by atoms with Gasteiger partial charge in [0, 0.05) is 18.7 Å². The van der Waals surface area contributed by atoms with Crippen LogP contribution in [0.4, 0.5) is 5.69 Å². The molecule has 0 atom stereocenters. The summed E-state index contributed by atoms with van der Waals surface area (Å²) in [6.45, 7) is 2.63. The van der Waals surface area contributed by atoms with Gasteiger partial charge in [-0.1, -0.05) is 0 Å². The number of ether oxygens (including phenoxy) is 3. The Balaban J connectivity index is 2.03. The van der Waals surface area contributed by atoms with Gasteiger partial charge < -0.3 is 24.1 Å². The van der Waals surface area contributed by atoms with E-state index in [1.165, 1.54) is 27.4 Å². The number of aryl methyl sites for hydroxylation is 1. The molecule has 0 unspecified atom stereocenters. The Bertz CT molecular complexity index is 1010. The standard InChI is InChI=1S/C19H20N2O5S/c1-5-21-13-6-7-27-17(13)10-14(21)18(22)20-12-9-16(25-3)15(24-2)8-11(12)19(23)26-4/h6-10H,5H2,1-4H3,(H,20,22). The number of aromatic nitrogens is 1. The summed E-state index contributed by atoms with van der Waals surface area (Å²) < 4.78 is 18.3. The second-order valence-corrected chi connectivity index (χ2v) is 6.59. The number of hydrogen-bond donors (Lipinski definition) is 1. The minimum Gasteiger partial charge on any atom is -0.493 e. The molecule has 0 saturated carbocycles. The molecule has 0 fully saturated rings. The fourth-order valence-corrected chi connectivity index (χ4v) is 3.78. The van der Waals surface area contributed by atoms with Crippen molar-refractivity contribution in [1.82, 2.24) is 4.57 Å². The zero-order valence-electron chi connectivity index (χ0n) is 15.5. The summed E-state index contributed by atoms with van der Waals surface area (Å²) in [6, 6.07) is 6.86. The number of benzene rings is 1. The van der Waals surface area contributed by atoms with Crippen molar-refractivity contribution in [2.24, 2.45) is 0 Å². The zero-order chi connectivity index (χ0) is 19.6. The first kappa shape index (κ1) is 18.8. The molecule has 3 aromatic rings. The van der Waals surface area contributed by atoms with Crippen molar-refractivity contribution in [2.45, 2.75) is 13.5 Å². The quantitative estimate of drug-likeness (QED) is 0.650. The highest BCUT2D eigenvalue weighted by molar-refractivity contribution is 7.17. The van der Waals surface area contributed by atoms with Gasteiger partial charge in [-0.05, 0) is 24.4 Å². The monoisotopic (exact) mass is 388 g/mol. The summed E-state index contributed by atoms with van der Waals surface area (Å²) >= 11 is 1.57. The molecule has 0 saturated heterocycles. The highest BCUT2D eigenvalue weighted by Gasteiger charge is 2.21. The zero-order valence-corrected chi connectivity index (χ0v) is 16.3. The number of anilines is 1. The van der Waals surface area contributed by atoms with Crippen LogP contribution in [0.15, 0.2) is 29.6 Å². The number of nitrogens with one attached hydrogen (secondary N) is 1. The van der Waals surface area contributed by atoms with E-state index in [2.05, 4.69) is 5.32 Å². The lowest BCUT2D eigenvalue weighted by atomic mass is 10.1. The second-order valence-electron chi connectivity index (χ2n) is 5.64. The molecule has 0 radical (unpaired) electrons. The van der Waals surface area contributed by atoms with Crippen LogP contribution < -0.4 is 14.8 Å². The normalized spacial score (nSPS) is 10.7. The summed E-state index contributed by atoms with van der Waals surface area (Å²) in [5.41, 5.74) is 2.00. The smallest absolute Gasteiger partial charge is 0.340 e. The predicted molar refractivity (Wildman–Crippen MR) is 104 cm³/mol. The Morgan fingerprint density at radius 2 is 1.81 bits per heavy atom. The van der Waals surface area contributed by atoms with E-state index in [9.17, 15) is 9.59 Å². The molecule has 2 heterocycles. The fraction of sp³-hybridized carbons (Fsp3) is 0.263. The maximum atomic E-state index is 12.9. The molecular formula is C19H20N2O5S. The van der Waals surface area contributed by atoms with Crippen molar-refractivity contribution in [2.75, 3.05) is 26.6 Å². The first-order valence-electron chi connectivity index (χ1n) is 8.26. The van der Waals surface area contributed by atoms with Gasteiger partial charge in [-0.3, -0.25) is 4.79 Å². The number of rotatable bonds is 6. The number of nitrogens with zero attached hydrogens (tertiary/aromatic N) is 1. The number of hydrogen-bond acceptors (Lipinski definition) is 6. The number of carbonyl (C=O) groups excluding carboxylic acids is 2. The van der Waals surface area contributed by atoms with Crippen LogP contribution in [0.3, 0.4) is 0 Å². The molecule has 7 nitrogen and oxygen atoms in total. The highest BCUT2D eigenvalue weighted by Crippen LogP contribution is 2.34. The topological polar surface area (TPSA) is 78.8 Å². The average molecular weight is 388 g/mol. The van der Waals surface area contributed by atoms with Crippen molar-refractivity contribution in [3.8, 4) is 11.5 Å². The lowest BCUT2D eigenvalue weighted by Crippen LogP contribution is -2.19. The molecule has 3 rings (SSSR count). The number of fused-ring (bicyclic) bond motifs is 1. The van der Waals surface area contributed by atoms with Crippen molar-refractivity contribution in [1.29, 1.82) is 0 Å². The Labute approximate surface area is 160 Å². The van der Waals surface area contributed by atoms with Gasteiger partial charge in [0.25, 0.3) is 5.91 Å². The number of amides is 1. The minimum atomic E-state index is -0.585. The van der Waals surface area contributed by atoms with Gasteiger partial charge in [-0.15, -0.1) is 11.3 Å². The Hall–Kier alpha value is -3.00. The summed E-state index contributed by atoms with van der Waals surface area (Å²) in [7, 11) is 4.23. The second kappa shape index (κ2) is 7.71. The number of methoxy groups -OCH3 is 3. The molecular weight excluding hydrogens is 368 g/mol. The van der Waals surface area contributed by atoms with Gasteiger partial charge in [-0.25, -0.2) is 4.79 Å². The van der Waals surface area contributed by atoms with Gasteiger partial charge in [0.2, 0.25) is 0 Å². The Kier molecular flexibility index (Phi) is 5.36. The third kappa shape index (κ3) is 3.35.